The molecule has 0 aliphatic rings. The van der Waals surface area contributed by atoms with Crippen molar-refractivity contribution in [2.45, 2.75) is 6.92 Å². The van der Waals surface area contributed by atoms with Crippen LogP contribution in [0, 0.1) is 0 Å². The fraction of sp³-hybridized carbons (Fsp3) is 0.111. The molecular formula is C9H8N2O3. The number of Topliss-reactive ketones (excluding diaryl/α,β-unsaturated/α-hetero) is 1. The number of benzene rings is 1. The Morgan fingerprint density at radius 2 is 2.21 bits per heavy atom. The molecule has 2 aromatic rings. The van der Waals surface area contributed by atoms with Crippen LogP contribution in [0.25, 0.3) is 11.1 Å². The van der Waals surface area contributed by atoms with Crippen LogP contribution in [0.4, 0.5) is 5.69 Å². The highest BCUT2D eigenvalue weighted by Crippen LogP contribution is 2.20. The molecule has 2 rings (SSSR count). The Balaban J connectivity index is 2.84. The van der Waals surface area contributed by atoms with Crippen LogP contribution in [-0.2, 0) is 0 Å². The number of aromatic nitrogens is 1. The summed E-state index contributed by atoms with van der Waals surface area (Å²) in [7, 11) is 0. The highest BCUT2D eigenvalue weighted by Gasteiger charge is 2.09. The summed E-state index contributed by atoms with van der Waals surface area (Å²) in [5.74, 6) is -0.687. The largest absolute Gasteiger partial charge is 0.417 e. The number of nitrogens with one attached hydrogen (secondary N) is 1. The highest BCUT2D eigenvalue weighted by molar-refractivity contribution is 6.00. The Hall–Kier alpha value is -2.04. The first-order chi connectivity index (χ1) is 6.58. The van der Waals surface area contributed by atoms with Gasteiger partial charge in [-0.15, -0.1) is 0 Å². The standard InChI is InChI=1S/C9H8N2O3/c1-4(12)5-2-6(10)8-7(3-5)11-9(13)14-8/h2-3H,10H2,1H3,(H,11,13). The van der Waals surface area contributed by atoms with Gasteiger partial charge in [0, 0.05) is 5.56 Å². The Kier molecular flexibility index (Phi) is 1.67. The maximum absolute atomic E-state index is 11.1. The van der Waals surface area contributed by atoms with Crippen molar-refractivity contribution in [3.8, 4) is 0 Å². The van der Waals surface area contributed by atoms with Crippen LogP contribution in [0.5, 0.6) is 0 Å². The fourth-order valence-electron chi connectivity index (χ4n) is 1.29. The normalized spacial score (nSPS) is 10.6. The van der Waals surface area contributed by atoms with Crippen LogP contribution in [0.3, 0.4) is 0 Å². The molecule has 72 valence electrons. The van der Waals surface area contributed by atoms with Gasteiger partial charge in [-0.05, 0) is 19.1 Å². The molecule has 0 saturated carbocycles. The van der Waals surface area contributed by atoms with Crippen molar-refractivity contribution in [2.75, 3.05) is 5.73 Å². The second kappa shape index (κ2) is 2.73. The summed E-state index contributed by atoms with van der Waals surface area (Å²) < 4.78 is 4.79. The molecule has 0 aliphatic heterocycles. The Morgan fingerprint density at radius 3 is 2.86 bits per heavy atom. The van der Waals surface area contributed by atoms with Crippen LogP contribution in [0.15, 0.2) is 21.3 Å². The van der Waals surface area contributed by atoms with E-state index in [-0.39, 0.29) is 11.5 Å². The monoisotopic (exact) mass is 192 g/mol. The van der Waals surface area contributed by atoms with Crippen LogP contribution < -0.4 is 11.5 Å². The highest BCUT2D eigenvalue weighted by atomic mass is 16.4. The number of aromatic amines is 1. The molecule has 0 saturated heterocycles. The fourth-order valence-corrected chi connectivity index (χ4v) is 1.29. The van der Waals surface area contributed by atoms with Gasteiger partial charge in [0.2, 0.25) is 0 Å². The van der Waals surface area contributed by atoms with E-state index in [4.69, 9.17) is 10.2 Å². The summed E-state index contributed by atoms with van der Waals surface area (Å²) >= 11 is 0. The number of carbonyl (C=O) groups excluding carboxylic acids is 1. The van der Waals surface area contributed by atoms with Gasteiger partial charge in [-0.2, -0.15) is 0 Å². The second-order valence-electron chi connectivity index (χ2n) is 3.01. The van der Waals surface area contributed by atoms with E-state index in [9.17, 15) is 9.59 Å². The van der Waals surface area contributed by atoms with Crippen LogP contribution in [-0.4, -0.2) is 10.8 Å². The van der Waals surface area contributed by atoms with Gasteiger partial charge < -0.3 is 10.2 Å². The van der Waals surface area contributed by atoms with Gasteiger partial charge in [0.05, 0.1) is 11.2 Å². The Morgan fingerprint density at radius 1 is 1.50 bits per heavy atom. The van der Waals surface area contributed by atoms with Gasteiger partial charge >= 0.3 is 5.76 Å². The summed E-state index contributed by atoms with van der Waals surface area (Å²) in [6.45, 7) is 1.43. The lowest BCUT2D eigenvalue weighted by Crippen LogP contribution is -1.95. The van der Waals surface area contributed by atoms with Gasteiger partial charge in [-0.25, -0.2) is 4.79 Å². The number of oxazole rings is 1. The molecule has 0 aliphatic carbocycles. The van der Waals surface area contributed by atoms with Crippen molar-refractivity contribution in [1.82, 2.24) is 4.98 Å². The number of anilines is 1. The predicted octanol–water partition coefficient (Wildman–Crippen LogP) is 0.906. The molecule has 0 fully saturated rings. The minimum Gasteiger partial charge on any atom is -0.406 e. The van der Waals surface area contributed by atoms with Crippen LogP contribution in [0.2, 0.25) is 0 Å². The van der Waals surface area contributed by atoms with Gasteiger partial charge in [0.1, 0.15) is 0 Å². The minimum atomic E-state index is -0.576. The van der Waals surface area contributed by atoms with Crippen molar-refractivity contribution < 1.29 is 9.21 Å². The zero-order valence-corrected chi connectivity index (χ0v) is 7.46. The molecule has 1 heterocycles. The summed E-state index contributed by atoms with van der Waals surface area (Å²) in [6, 6.07) is 3.03. The van der Waals surface area contributed by atoms with Crippen molar-refractivity contribution in [2.24, 2.45) is 0 Å². The SMILES string of the molecule is CC(=O)c1cc(N)c2oc(=O)[nH]c2c1. The summed E-state index contributed by atoms with van der Waals surface area (Å²) in [6.07, 6.45) is 0. The third kappa shape index (κ3) is 1.19. The first-order valence-corrected chi connectivity index (χ1v) is 4.01. The molecule has 0 bridgehead atoms. The Labute approximate surface area is 78.5 Å². The van der Waals surface area contributed by atoms with Crippen LogP contribution >= 0.6 is 0 Å². The number of hydrogen-bond acceptors (Lipinski definition) is 4. The number of H-pyrrole nitrogens is 1. The van der Waals surface area contributed by atoms with Gasteiger partial charge in [-0.3, -0.25) is 9.78 Å². The molecule has 5 nitrogen and oxygen atoms in total. The van der Waals surface area contributed by atoms with E-state index in [1.807, 2.05) is 0 Å². The van der Waals surface area contributed by atoms with Crippen molar-refractivity contribution in [3.05, 3.63) is 28.2 Å². The smallest absolute Gasteiger partial charge is 0.406 e. The van der Waals surface area contributed by atoms with E-state index < -0.39 is 5.76 Å². The van der Waals surface area contributed by atoms with Gasteiger partial charge in [0.25, 0.3) is 0 Å². The average Bonchev–Trinajstić information content (AvgIpc) is 2.45. The molecule has 0 unspecified atom stereocenters. The lowest BCUT2D eigenvalue weighted by molar-refractivity contribution is 0.101. The minimum absolute atomic E-state index is 0.111. The topological polar surface area (TPSA) is 89.1 Å². The number of hydrogen-bond donors (Lipinski definition) is 2. The molecule has 14 heavy (non-hydrogen) atoms. The zero-order valence-electron chi connectivity index (χ0n) is 7.46. The van der Waals surface area contributed by atoms with Crippen LogP contribution in [0.1, 0.15) is 17.3 Å². The number of fused-ring (bicyclic) bond motifs is 1. The number of carbonyl (C=O) groups is 1. The van der Waals surface area contributed by atoms with Gasteiger partial charge in [-0.1, -0.05) is 0 Å². The maximum atomic E-state index is 11.1. The van der Waals surface area contributed by atoms with E-state index in [1.165, 1.54) is 13.0 Å². The number of rotatable bonds is 1. The van der Waals surface area contributed by atoms with E-state index in [0.717, 1.165) is 0 Å². The van der Waals surface area contributed by atoms with Gasteiger partial charge in [0.15, 0.2) is 11.4 Å². The molecule has 3 N–H and O–H groups in total. The molecule has 0 spiro atoms. The second-order valence-corrected chi connectivity index (χ2v) is 3.01. The molecule has 0 amide bonds. The van der Waals surface area contributed by atoms with E-state index in [1.54, 1.807) is 6.07 Å². The molecule has 1 aromatic heterocycles. The number of nitrogens with two attached hydrogens (primary N) is 1. The quantitative estimate of drug-likeness (QED) is 0.519. The molecule has 1 aromatic carbocycles. The molecule has 0 atom stereocenters. The summed E-state index contributed by atoms with van der Waals surface area (Å²) in [4.78, 5) is 24.4. The number of nitrogen functional groups attached to an aromatic ring is 1. The number of ketones is 1. The molecular weight excluding hydrogens is 184 g/mol. The lowest BCUT2D eigenvalue weighted by Gasteiger charge is -1.97. The predicted molar refractivity (Wildman–Crippen MR) is 51.3 cm³/mol. The van der Waals surface area contributed by atoms with Crippen molar-refractivity contribution >= 4 is 22.6 Å². The van der Waals surface area contributed by atoms with Crippen molar-refractivity contribution in [1.29, 1.82) is 0 Å². The third-order valence-corrected chi connectivity index (χ3v) is 1.96. The zero-order chi connectivity index (χ0) is 10.3. The maximum Gasteiger partial charge on any atom is 0.417 e. The average molecular weight is 192 g/mol. The summed E-state index contributed by atoms with van der Waals surface area (Å²) in [5.41, 5.74) is 7.07. The van der Waals surface area contributed by atoms with E-state index >= 15 is 0 Å². The van der Waals surface area contributed by atoms with E-state index in [2.05, 4.69) is 4.98 Å². The first kappa shape index (κ1) is 8.55. The molecule has 5 heteroatoms. The van der Waals surface area contributed by atoms with Crippen molar-refractivity contribution in [3.63, 3.8) is 0 Å². The third-order valence-electron chi connectivity index (χ3n) is 1.96. The Bertz CT molecular complexity index is 565. The van der Waals surface area contributed by atoms with E-state index in [0.29, 0.717) is 16.7 Å². The molecule has 0 radical (unpaired) electrons. The first-order valence-electron chi connectivity index (χ1n) is 4.01. The lowest BCUT2D eigenvalue weighted by atomic mass is 10.1. The summed E-state index contributed by atoms with van der Waals surface area (Å²) in [5, 5.41) is 0.